The molecule has 0 aliphatic carbocycles. The summed E-state index contributed by atoms with van der Waals surface area (Å²) < 4.78 is 5.40. The minimum absolute atomic E-state index is 0.0771. The molecule has 1 aliphatic rings. The normalized spacial score (nSPS) is 16.7. The van der Waals surface area contributed by atoms with Crippen molar-refractivity contribution in [3.8, 4) is 11.5 Å². The zero-order valence-corrected chi connectivity index (χ0v) is 15.0. The molecule has 2 aromatic carbocycles. The number of hydrogen-bond donors (Lipinski definition) is 2. The first-order valence-corrected chi connectivity index (χ1v) is 8.72. The molecule has 27 heavy (non-hydrogen) atoms. The lowest BCUT2D eigenvalue weighted by atomic mass is 10.1. The Balaban J connectivity index is 1.59. The van der Waals surface area contributed by atoms with Crippen LogP contribution in [0.15, 0.2) is 53.6 Å². The van der Waals surface area contributed by atoms with Crippen molar-refractivity contribution in [3.63, 3.8) is 0 Å². The fourth-order valence-electron chi connectivity index (χ4n) is 2.88. The predicted octanol–water partition coefficient (Wildman–Crippen LogP) is 2.29. The summed E-state index contributed by atoms with van der Waals surface area (Å²) in [5.74, 6) is -0.105. The number of carbonyl (C=O) groups excluding carboxylic acids is 2. The minimum Gasteiger partial charge on any atom is -0.507 e. The Morgan fingerprint density at radius 2 is 2.04 bits per heavy atom. The average Bonchev–Trinajstić information content (AvgIpc) is 3.06. The summed E-state index contributed by atoms with van der Waals surface area (Å²) >= 11 is 0. The zero-order chi connectivity index (χ0) is 19.2. The molecule has 0 spiro atoms. The van der Waals surface area contributed by atoms with Crippen LogP contribution in [0.4, 0.5) is 5.69 Å². The van der Waals surface area contributed by atoms with E-state index in [9.17, 15) is 14.7 Å². The van der Waals surface area contributed by atoms with E-state index in [0.29, 0.717) is 18.7 Å². The summed E-state index contributed by atoms with van der Waals surface area (Å²) in [6, 6.07) is 13.9. The van der Waals surface area contributed by atoms with Gasteiger partial charge in [-0.3, -0.25) is 9.59 Å². The summed E-state index contributed by atoms with van der Waals surface area (Å²) in [6.07, 6.45) is 1.50. The fourth-order valence-corrected chi connectivity index (χ4v) is 2.88. The molecule has 2 N–H and O–H groups in total. The van der Waals surface area contributed by atoms with Crippen LogP contribution in [-0.2, 0) is 9.59 Å². The number of para-hydroxylation sites is 1. The van der Waals surface area contributed by atoms with Crippen LogP contribution in [0.2, 0.25) is 0 Å². The molecule has 0 radical (unpaired) electrons. The fraction of sp³-hybridized carbons (Fsp3) is 0.250. The summed E-state index contributed by atoms with van der Waals surface area (Å²) in [5.41, 5.74) is 3.67. The van der Waals surface area contributed by atoms with Crippen LogP contribution in [0, 0.1) is 5.92 Å². The molecule has 1 aliphatic heterocycles. The number of benzene rings is 2. The van der Waals surface area contributed by atoms with Crippen LogP contribution in [-0.4, -0.2) is 36.3 Å². The number of aromatic hydroxyl groups is 1. The molecule has 1 heterocycles. The number of hydrogen-bond acceptors (Lipinski definition) is 5. The van der Waals surface area contributed by atoms with Gasteiger partial charge in [-0.2, -0.15) is 5.10 Å². The SMILES string of the molecule is CCOc1ccc(N2C[C@H](C(=O)N/N=C\c3ccccc3O)CC2=O)cc1. The average molecular weight is 367 g/mol. The molecule has 2 aromatic rings. The second kappa shape index (κ2) is 8.35. The minimum atomic E-state index is -0.481. The van der Waals surface area contributed by atoms with Crippen LogP contribution < -0.4 is 15.1 Å². The van der Waals surface area contributed by atoms with Crippen LogP contribution in [0.3, 0.4) is 0 Å². The van der Waals surface area contributed by atoms with E-state index in [1.54, 1.807) is 47.4 Å². The van der Waals surface area contributed by atoms with Gasteiger partial charge in [-0.1, -0.05) is 12.1 Å². The quantitative estimate of drug-likeness (QED) is 0.605. The van der Waals surface area contributed by atoms with Crippen molar-refractivity contribution in [3.05, 3.63) is 54.1 Å². The molecule has 0 bridgehead atoms. The third kappa shape index (κ3) is 4.44. The predicted molar refractivity (Wildman–Crippen MR) is 102 cm³/mol. The maximum Gasteiger partial charge on any atom is 0.245 e. The van der Waals surface area contributed by atoms with E-state index in [4.69, 9.17) is 4.74 Å². The van der Waals surface area contributed by atoms with E-state index >= 15 is 0 Å². The second-order valence-corrected chi connectivity index (χ2v) is 6.13. The van der Waals surface area contributed by atoms with Crippen LogP contribution in [0.5, 0.6) is 11.5 Å². The Labute approximate surface area is 157 Å². The van der Waals surface area contributed by atoms with Gasteiger partial charge in [0.1, 0.15) is 11.5 Å². The van der Waals surface area contributed by atoms with Crippen LogP contribution in [0.1, 0.15) is 18.9 Å². The van der Waals surface area contributed by atoms with Gasteiger partial charge >= 0.3 is 0 Å². The number of anilines is 1. The van der Waals surface area contributed by atoms with E-state index in [1.165, 1.54) is 12.3 Å². The van der Waals surface area contributed by atoms with Gasteiger partial charge in [0.25, 0.3) is 0 Å². The first kappa shape index (κ1) is 18.4. The lowest BCUT2D eigenvalue weighted by molar-refractivity contribution is -0.126. The largest absolute Gasteiger partial charge is 0.507 e. The second-order valence-electron chi connectivity index (χ2n) is 6.13. The van der Waals surface area contributed by atoms with Crippen molar-refractivity contribution in [1.29, 1.82) is 0 Å². The number of nitrogens with one attached hydrogen (secondary N) is 1. The maximum atomic E-state index is 12.3. The first-order chi connectivity index (χ1) is 13.1. The number of carbonyl (C=O) groups is 2. The topological polar surface area (TPSA) is 91.2 Å². The molecule has 3 rings (SSSR count). The third-order valence-electron chi connectivity index (χ3n) is 4.27. The van der Waals surface area contributed by atoms with Crippen molar-refractivity contribution >= 4 is 23.7 Å². The van der Waals surface area contributed by atoms with Gasteiger partial charge in [0, 0.05) is 24.2 Å². The number of phenols is 1. The number of phenolic OH excluding ortho intramolecular Hbond substituents is 1. The van der Waals surface area contributed by atoms with Gasteiger partial charge in [0.15, 0.2) is 0 Å². The van der Waals surface area contributed by atoms with Gasteiger partial charge < -0.3 is 14.7 Å². The smallest absolute Gasteiger partial charge is 0.245 e. The van der Waals surface area contributed by atoms with Crippen molar-refractivity contribution in [1.82, 2.24) is 5.43 Å². The first-order valence-electron chi connectivity index (χ1n) is 8.72. The van der Waals surface area contributed by atoms with Gasteiger partial charge in [-0.15, -0.1) is 0 Å². The molecule has 1 saturated heterocycles. The molecular weight excluding hydrogens is 346 g/mol. The van der Waals surface area contributed by atoms with Gasteiger partial charge in [-0.25, -0.2) is 5.43 Å². The van der Waals surface area contributed by atoms with Crippen molar-refractivity contribution in [2.45, 2.75) is 13.3 Å². The number of rotatable bonds is 6. The monoisotopic (exact) mass is 367 g/mol. The number of nitrogens with zero attached hydrogens (tertiary/aromatic N) is 2. The highest BCUT2D eigenvalue weighted by Gasteiger charge is 2.35. The Kier molecular flexibility index (Phi) is 5.71. The van der Waals surface area contributed by atoms with E-state index in [0.717, 1.165) is 11.4 Å². The highest BCUT2D eigenvalue weighted by atomic mass is 16.5. The van der Waals surface area contributed by atoms with E-state index in [1.807, 2.05) is 6.92 Å². The summed E-state index contributed by atoms with van der Waals surface area (Å²) in [6.45, 7) is 2.78. The van der Waals surface area contributed by atoms with Crippen LogP contribution in [0.25, 0.3) is 0 Å². The molecule has 0 saturated carbocycles. The number of amides is 2. The highest BCUT2D eigenvalue weighted by Crippen LogP contribution is 2.27. The van der Waals surface area contributed by atoms with Crippen molar-refractivity contribution in [2.24, 2.45) is 11.0 Å². The summed E-state index contributed by atoms with van der Waals surface area (Å²) in [7, 11) is 0. The third-order valence-corrected chi connectivity index (χ3v) is 4.27. The van der Waals surface area contributed by atoms with Crippen LogP contribution >= 0.6 is 0 Å². The maximum absolute atomic E-state index is 12.3. The van der Waals surface area contributed by atoms with E-state index in [2.05, 4.69) is 10.5 Å². The van der Waals surface area contributed by atoms with E-state index < -0.39 is 5.92 Å². The standard InChI is InChI=1S/C20H21N3O4/c1-2-27-17-9-7-16(8-10-17)23-13-15(11-19(23)25)20(26)22-21-12-14-5-3-4-6-18(14)24/h3-10,12,15,24H,2,11,13H2,1H3,(H,22,26)/b21-12-/t15-/m1/s1. The van der Waals surface area contributed by atoms with E-state index in [-0.39, 0.29) is 24.0 Å². The number of ether oxygens (including phenoxy) is 1. The Morgan fingerprint density at radius 3 is 2.74 bits per heavy atom. The summed E-state index contributed by atoms with van der Waals surface area (Å²) in [5, 5.41) is 13.5. The van der Waals surface area contributed by atoms with Gasteiger partial charge in [0.2, 0.25) is 11.8 Å². The molecule has 1 atom stereocenters. The molecule has 140 valence electrons. The molecule has 2 amide bonds. The Morgan fingerprint density at radius 1 is 1.30 bits per heavy atom. The molecule has 7 heteroatoms. The van der Waals surface area contributed by atoms with Gasteiger partial charge in [0.05, 0.1) is 18.7 Å². The molecule has 7 nitrogen and oxygen atoms in total. The Hall–Kier alpha value is -3.35. The van der Waals surface area contributed by atoms with Crippen molar-refractivity contribution in [2.75, 3.05) is 18.1 Å². The zero-order valence-electron chi connectivity index (χ0n) is 15.0. The lowest BCUT2D eigenvalue weighted by Crippen LogP contribution is -2.30. The lowest BCUT2D eigenvalue weighted by Gasteiger charge is -2.17. The van der Waals surface area contributed by atoms with Crippen molar-refractivity contribution < 1.29 is 19.4 Å². The highest BCUT2D eigenvalue weighted by molar-refractivity contribution is 6.00. The molecule has 1 fully saturated rings. The molecule has 0 aromatic heterocycles. The summed E-state index contributed by atoms with van der Waals surface area (Å²) in [4.78, 5) is 26.2. The Bertz CT molecular complexity index is 849. The number of hydrazone groups is 1. The molecule has 0 unspecified atom stereocenters. The van der Waals surface area contributed by atoms with Gasteiger partial charge in [-0.05, 0) is 43.3 Å². The molecular formula is C20H21N3O4.